The molecule has 0 saturated heterocycles. The minimum atomic E-state index is -4.79. The second-order valence-corrected chi connectivity index (χ2v) is 24.1. The molecule has 0 spiro atoms. The van der Waals surface area contributed by atoms with Gasteiger partial charge in [-0.05, 0) is 129 Å². The topological polar surface area (TPSA) is 264 Å². The molecule has 0 saturated carbocycles. The van der Waals surface area contributed by atoms with Crippen molar-refractivity contribution >= 4 is 69.1 Å². The van der Waals surface area contributed by atoms with E-state index < -0.39 is 68.8 Å². The molecule has 21 heteroatoms. The monoisotopic (exact) mass is 1020 g/mol. The van der Waals surface area contributed by atoms with Gasteiger partial charge in [-0.15, -0.1) is 0 Å². The van der Waals surface area contributed by atoms with Crippen LogP contribution in [0.3, 0.4) is 0 Å². The van der Waals surface area contributed by atoms with E-state index in [1.165, 1.54) is 24.3 Å². The van der Waals surface area contributed by atoms with Gasteiger partial charge in [0.2, 0.25) is 5.69 Å². The number of carboxylic acid groups (broad SMARTS) is 1. The van der Waals surface area contributed by atoms with Crippen molar-refractivity contribution in [2.24, 2.45) is 0 Å². The van der Waals surface area contributed by atoms with Crippen molar-refractivity contribution in [1.82, 2.24) is 0 Å². The Morgan fingerprint density at radius 1 is 0.765 bits per heavy atom. The number of unbranched alkanes of at least 4 members (excludes halogenated alkanes) is 2. The summed E-state index contributed by atoms with van der Waals surface area (Å²) in [4.78, 5) is 12.7. The Morgan fingerprint density at radius 2 is 1.41 bits per heavy atom. The molecular weight excluding hydrogens is 968 g/mol. The average molecular weight is 1030 g/mol. The molecule has 4 N–H and O–H groups in total. The maximum atomic E-state index is 12.2. The second-order valence-electron chi connectivity index (χ2n) is 18.1. The van der Waals surface area contributed by atoms with Crippen LogP contribution >= 0.6 is 0 Å². The van der Waals surface area contributed by atoms with E-state index in [9.17, 15) is 61.8 Å². The van der Waals surface area contributed by atoms with Gasteiger partial charge in [-0.1, -0.05) is 50.3 Å². The van der Waals surface area contributed by atoms with Gasteiger partial charge in [0.25, 0.3) is 30.4 Å². The number of nitrogens with zero attached hydrogens (tertiary/aromatic N) is 2. The van der Waals surface area contributed by atoms with E-state index in [1.807, 2.05) is 85.7 Å². The number of hydrogen-bond acceptors (Lipinski definition) is 11. The minimum absolute atomic E-state index is 0. The molecule has 364 valence electrons. The normalized spacial score (nSPS) is 18.2. The Labute approximate surface area is 423 Å². The Bertz CT molecular complexity index is 3110. The predicted molar refractivity (Wildman–Crippen MR) is 255 cm³/mol. The number of rotatable bonds is 20. The van der Waals surface area contributed by atoms with Gasteiger partial charge in [0.1, 0.15) is 16.7 Å². The summed E-state index contributed by atoms with van der Waals surface area (Å²) in [6.07, 6.45) is 11.0. The molecule has 1 aliphatic carbocycles. The second kappa shape index (κ2) is 21.3. The van der Waals surface area contributed by atoms with E-state index in [1.54, 1.807) is 12.1 Å². The number of benzene rings is 3. The summed E-state index contributed by atoms with van der Waals surface area (Å²) in [6, 6.07) is 16.4. The summed E-state index contributed by atoms with van der Waals surface area (Å²) in [7, 11) is -17.7. The summed E-state index contributed by atoms with van der Waals surface area (Å²) in [5, 5.41) is 9.31. The van der Waals surface area contributed by atoms with Gasteiger partial charge >= 0.3 is 35.5 Å². The third kappa shape index (κ3) is 13.1. The Hall–Kier alpha value is -3.80. The molecule has 6 rings (SSSR count). The number of allylic oxidation sites excluding steroid dienone is 8. The number of carboxylic acids is 1. The van der Waals surface area contributed by atoms with Crippen LogP contribution in [0.1, 0.15) is 103 Å². The molecular formula is C47H57N2NaO14S4. The van der Waals surface area contributed by atoms with E-state index in [-0.39, 0.29) is 60.0 Å². The SMILES string of the molecule is CC1(C)C(=CC=C2CCC(C=CC3=[N+](CCCCS(=O)(=O)O)c4ccc(S(=O)(=O)[O-])cc4C3(C)C)=C2c2cccc(CCCC(=O)O)c2)N(CCCCS(=O)(=O)O)c2ccc(S(=O)(=O)O)cc21.[H-].[Na+]. The van der Waals surface area contributed by atoms with E-state index >= 15 is 0 Å². The zero-order valence-corrected chi connectivity index (χ0v) is 43.9. The summed E-state index contributed by atoms with van der Waals surface area (Å²) in [5.41, 5.74) is 7.02. The van der Waals surface area contributed by atoms with Crippen LogP contribution < -0.4 is 34.5 Å². The van der Waals surface area contributed by atoms with Crippen LogP contribution in [0.25, 0.3) is 5.57 Å². The number of aryl methyl sites for hydroxylation is 1. The van der Waals surface area contributed by atoms with Gasteiger partial charge in [0.15, 0.2) is 5.71 Å². The Kier molecular flexibility index (Phi) is 17.3. The molecule has 3 aromatic rings. The minimum Gasteiger partial charge on any atom is -1.00 e. The van der Waals surface area contributed by atoms with Crippen molar-refractivity contribution in [2.45, 2.75) is 106 Å². The summed E-state index contributed by atoms with van der Waals surface area (Å²) in [6.45, 7) is 8.29. The first-order valence-electron chi connectivity index (χ1n) is 21.8. The van der Waals surface area contributed by atoms with Crippen LogP contribution in [0, 0.1) is 0 Å². The first-order valence-corrected chi connectivity index (χ1v) is 27.8. The van der Waals surface area contributed by atoms with Crippen molar-refractivity contribution in [2.75, 3.05) is 29.5 Å². The molecule has 0 aromatic heterocycles. The standard InChI is InChI=1S/C47H56N2O14S4.Na.H/c1-46(2)38-30-36(66(58,59)60)19-21-40(38)48(25-5-7-27-64(52,53)54)42(46)23-17-33-15-16-34(45(33)35-13-9-11-32(29-35)12-10-14-44(50)51)18-24-43-47(3,4)39-31-37(67(61,62)63)20-22-41(39)49(43)26-6-8-28-65(55,56)57;;/h9,11,13,17-24,29-31H,5-8,10,12,14-16,25-28H2,1-4H3,(H4-,50,51,52,53,54,55,56,57,58,59,60,61,62,63);;/q;+1;-1. The van der Waals surface area contributed by atoms with Gasteiger partial charge in [0.05, 0.1) is 26.7 Å². The van der Waals surface area contributed by atoms with Gasteiger partial charge in [-0.25, -0.2) is 8.42 Å². The summed E-state index contributed by atoms with van der Waals surface area (Å²) < 4.78 is 138. The van der Waals surface area contributed by atoms with Crippen LogP contribution in [0.15, 0.2) is 112 Å². The molecule has 0 bridgehead atoms. The molecule has 16 nitrogen and oxygen atoms in total. The van der Waals surface area contributed by atoms with E-state index in [4.69, 9.17) is 0 Å². The van der Waals surface area contributed by atoms with Crippen LogP contribution in [-0.2, 0) is 62.5 Å². The van der Waals surface area contributed by atoms with E-state index in [2.05, 4.69) is 0 Å². The fourth-order valence-electron chi connectivity index (χ4n) is 9.33. The van der Waals surface area contributed by atoms with Gasteiger partial charge in [-0.2, -0.15) is 29.8 Å². The summed E-state index contributed by atoms with van der Waals surface area (Å²) >= 11 is 0. The Morgan fingerprint density at radius 3 is 2.04 bits per heavy atom. The Balaban J connectivity index is 0.00000518. The number of anilines is 1. The summed E-state index contributed by atoms with van der Waals surface area (Å²) in [5.74, 6) is -1.77. The molecule has 3 aliphatic rings. The third-order valence-electron chi connectivity index (χ3n) is 12.6. The third-order valence-corrected chi connectivity index (χ3v) is 15.9. The molecule has 0 radical (unpaired) electrons. The van der Waals surface area contributed by atoms with Crippen molar-refractivity contribution < 1.29 is 97.3 Å². The fraction of sp³-hybridized carbons (Fsp3) is 0.404. The molecule has 0 unspecified atom stereocenters. The maximum Gasteiger partial charge on any atom is 1.00 e. The largest absolute Gasteiger partial charge is 1.00 e. The van der Waals surface area contributed by atoms with Crippen LogP contribution in [0.5, 0.6) is 0 Å². The number of hydrogen-bond donors (Lipinski definition) is 4. The molecule has 0 fully saturated rings. The van der Waals surface area contributed by atoms with Crippen molar-refractivity contribution in [3.8, 4) is 0 Å². The van der Waals surface area contributed by atoms with Gasteiger partial charge in [0, 0.05) is 53.9 Å². The van der Waals surface area contributed by atoms with Gasteiger partial charge in [-0.3, -0.25) is 18.5 Å². The molecule has 0 amide bonds. The smallest absolute Gasteiger partial charge is 1.00 e. The fourth-order valence-corrected chi connectivity index (χ4v) is 11.5. The maximum absolute atomic E-state index is 12.2. The first-order chi connectivity index (χ1) is 31.1. The molecule has 68 heavy (non-hydrogen) atoms. The molecule has 2 heterocycles. The number of aliphatic carboxylic acids is 1. The quantitative estimate of drug-likeness (QED) is 0.0526. The number of carbonyl (C=O) groups is 1. The average Bonchev–Trinajstić information content (AvgIpc) is 3.79. The first kappa shape index (κ1) is 55.1. The van der Waals surface area contributed by atoms with Crippen LogP contribution in [0.2, 0.25) is 0 Å². The van der Waals surface area contributed by atoms with Crippen molar-refractivity contribution in [3.63, 3.8) is 0 Å². The molecule has 0 atom stereocenters. The van der Waals surface area contributed by atoms with E-state index in [0.29, 0.717) is 74.1 Å². The van der Waals surface area contributed by atoms with Crippen LogP contribution in [-0.4, -0.2) is 97.8 Å². The van der Waals surface area contributed by atoms with Crippen molar-refractivity contribution in [3.05, 3.63) is 124 Å². The molecule has 2 aliphatic heterocycles. The van der Waals surface area contributed by atoms with Gasteiger partial charge < -0.3 is 16.0 Å². The zero-order valence-electron chi connectivity index (χ0n) is 39.7. The molecule has 3 aromatic carbocycles. The van der Waals surface area contributed by atoms with E-state index in [0.717, 1.165) is 39.3 Å². The zero-order chi connectivity index (χ0) is 49.3. The van der Waals surface area contributed by atoms with Crippen molar-refractivity contribution in [1.29, 1.82) is 0 Å². The number of fused-ring (bicyclic) bond motifs is 2. The van der Waals surface area contributed by atoms with Crippen LogP contribution in [0.4, 0.5) is 11.4 Å². The predicted octanol–water partition coefficient (Wildman–Crippen LogP) is 4.49.